The molecule has 1 aliphatic rings. The number of methoxy groups -OCH3 is 2. The quantitative estimate of drug-likeness (QED) is 0.870. The van der Waals surface area contributed by atoms with Gasteiger partial charge >= 0.3 is 0 Å². The zero-order valence-electron chi connectivity index (χ0n) is 10.6. The van der Waals surface area contributed by atoms with E-state index in [-0.39, 0.29) is 0 Å². The highest BCUT2D eigenvalue weighted by Crippen LogP contribution is 2.28. The zero-order chi connectivity index (χ0) is 12.1. The van der Waals surface area contributed by atoms with Crippen molar-refractivity contribution in [1.29, 1.82) is 0 Å². The molecule has 0 amide bonds. The maximum atomic E-state index is 5.44. The fourth-order valence-electron chi connectivity index (χ4n) is 2.47. The second-order valence-corrected chi connectivity index (χ2v) is 4.57. The molecule has 1 aromatic carbocycles. The molecule has 2 rings (SSSR count). The van der Waals surface area contributed by atoms with Crippen LogP contribution in [0.5, 0.6) is 5.75 Å². The third kappa shape index (κ3) is 3.13. The highest BCUT2D eigenvalue weighted by Gasteiger charge is 2.22. The molecule has 94 valence electrons. The minimum Gasteiger partial charge on any atom is -0.495 e. The van der Waals surface area contributed by atoms with E-state index in [1.54, 1.807) is 14.2 Å². The first kappa shape index (κ1) is 12.2. The minimum absolute atomic E-state index is 0.399. The lowest BCUT2D eigenvalue weighted by atomic mass is 9.92. The first-order valence-electron chi connectivity index (χ1n) is 6.26. The van der Waals surface area contributed by atoms with Gasteiger partial charge in [0.15, 0.2) is 0 Å². The summed E-state index contributed by atoms with van der Waals surface area (Å²) in [6.07, 6.45) is 5.09. The van der Waals surface area contributed by atoms with Crippen molar-refractivity contribution in [2.45, 2.75) is 37.8 Å². The lowest BCUT2D eigenvalue weighted by molar-refractivity contribution is 0.0669. The number of ether oxygens (including phenoxy) is 2. The summed E-state index contributed by atoms with van der Waals surface area (Å²) in [6.45, 7) is 0. The lowest BCUT2D eigenvalue weighted by Gasteiger charge is -2.29. The van der Waals surface area contributed by atoms with Crippen LogP contribution in [0.25, 0.3) is 0 Å². The van der Waals surface area contributed by atoms with Crippen molar-refractivity contribution in [3.63, 3.8) is 0 Å². The molecule has 3 nitrogen and oxygen atoms in total. The van der Waals surface area contributed by atoms with Crippen LogP contribution in [0.1, 0.15) is 25.7 Å². The number of nitrogens with one attached hydrogen (secondary N) is 1. The van der Waals surface area contributed by atoms with Gasteiger partial charge in [0.2, 0.25) is 0 Å². The second kappa shape index (κ2) is 5.92. The Morgan fingerprint density at radius 1 is 1.18 bits per heavy atom. The summed E-state index contributed by atoms with van der Waals surface area (Å²) in [4.78, 5) is 0. The van der Waals surface area contributed by atoms with Crippen LogP contribution in [-0.4, -0.2) is 26.4 Å². The number of hydrogen-bond acceptors (Lipinski definition) is 3. The van der Waals surface area contributed by atoms with Crippen molar-refractivity contribution in [2.75, 3.05) is 19.5 Å². The van der Waals surface area contributed by atoms with E-state index in [0.29, 0.717) is 12.1 Å². The number of hydrogen-bond donors (Lipinski definition) is 1. The van der Waals surface area contributed by atoms with Gasteiger partial charge < -0.3 is 14.8 Å². The fourth-order valence-corrected chi connectivity index (χ4v) is 2.47. The summed E-state index contributed by atoms with van der Waals surface area (Å²) in [5.74, 6) is 0.909. The van der Waals surface area contributed by atoms with Gasteiger partial charge in [-0.2, -0.15) is 0 Å². The molecule has 0 bridgehead atoms. The maximum Gasteiger partial charge on any atom is 0.141 e. The third-order valence-electron chi connectivity index (χ3n) is 3.43. The van der Waals surface area contributed by atoms with E-state index in [1.165, 1.54) is 19.3 Å². The maximum absolute atomic E-state index is 5.44. The van der Waals surface area contributed by atoms with Crippen molar-refractivity contribution >= 4 is 5.69 Å². The van der Waals surface area contributed by atoms with Gasteiger partial charge in [-0.1, -0.05) is 12.1 Å². The van der Waals surface area contributed by atoms with Crippen LogP contribution in [0.3, 0.4) is 0 Å². The lowest BCUT2D eigenvalue weighted by Crippen LogP contribution is -2.31. The van der Waals surface area contributed by atoms with Crippen molar-refractivity contribution in [1.82, 2.24) is 0 Å². The molecule has 0 radical (unpaired) electrons. The number of benzene rings is 1. The molecule has 0 aliphatic heterocycles. The number of anilines is 1. The summed E-state index contributed by atoms with van der Waals surface area (Å²) >= 11 is 0. The Kier molecular flexibility index (Phi) is 4.26. The van der Waals surface area contributed by atoms with Crippen LogP contribution in [-0.2, 0) is 4.74 Å². The van der Waals surface area contributed by atoms with Gasteiger partial charge in [-0.25, -0.2) is 0 Å². The second-order valence-electron chi connectivity index (χ2n) is 4.57. The van der Waals surface area contributed by atoms with Crippen molar-refractivity contribution < 1.29 is 9.47 Å². The van der Waals surface area contributed by atoms with E-state index < -0.39 is 0 Å². The van der Waals surface area contributed by atoms with Crippen LogP contribution >= 0.6 is 0 Å². The van der Waals surface area contributed by atoms with E-state index in [0.717, 1.165) is 17.9 Å². The largest absolute Gasteiger partial charge is 0.495 e. The van der Waals surface area contributed by atoms with Gasteiger partial charge in [0.1, 0.15) is 5.75 Å². The first-order valence-corrected chi connectivity index (χ1v) is 6.26. The molecule has 3 heteroatoms. The van der Waals surface area contributed by atoms with E-state index >= 15 is 0 Å². The van der Waals surface area contributed by atoms with Gasteiger partial charge in [-0.05, 0) is 37.8 Å². The molecule has 2 unspecified atom stereocenters. The molecule has 1 fully saturated rings. The van der Waals surface area contributed by atoms with Crippen LogP contribution in [0.4, 0.5) is 5.69 Å². The average Bonchev–Trinajstić information content (AvgIpc) is 2.39. The third-order valence-corrected chi connectivity index (χ3v) is 3.43. The fraction of sp³-hybridized carbons (Fsp3) is 0.571. The number of rotatable bonds is 4. The monoisotopic (exact) mass is 235 g/mol. The first-order chi connectivity index (χ1) is 8.33. The Bertz CT molecular complexity index is 354. The van der Waals surface area contributed by atoms with Crippen LogP contribution in [0, 0.1) is 0 Å². The molecular formula is C14H21NO2. The molecule has 1 N–H and O–H groups in total. The van der Waals surface area contributed by atoms with Gasteiger partial charge in [0.05, 0.1) is 18.9 Å². The van der Waals surface area contributed by atoms with Gasteiger partial charge in [0.25, 0.3) is 0 Å². The van der Waals surface area contributed by atoms with Crippen molar-refractivity contribution in [2.24, 2.45) is 0 Å². The molecule has 0 heterocycles. The van der Waals surface area contributed by atoms with E-state index in [1.807, 2.05) is 18.2 Å². The number of para-hydroxylation sites is 2. The summed E-state index contributed by atoms with van der Waals surface area (Å²) in [5, 5.41) is 3.56. The normalized spacial score (nSPS) is 24.4. The predicted molar refractivity (Wildman–Crippen MR) is 69.7 cm³/mol. The Labute approximate surface area is 103 Å². The van der Waals surface area contributed by atoms with E-state index in [9.17, 15) is 0 Å². The van der Waals surface area contributed by atoms with Crippen LogP contribution in [0.2, 0.25) is 0 Å². The molecule has 0 saturated heterocycles. The highest BCUT2D eigenvalue weighted by molar-refractivity contribution is 5.56. The predicted octanol–water partition coefficient (Wildman–Crippen LogP) is 3.06. The SMILES string of the molecule is COc1ccccc1NC1CCCC(OC)C1. The highest BCUT2D eigenvalue weighted by atomic mass is 16.5. The van der Waals surface area contributed by atoms with Crippen molar-refractivity contribution in [3.8, 4) is 5.75 Å². The van der Waals surface area contributed by atoms with Crippen LogP contribution in [0.15, 0.2) is 24.3 Å². The topological polar surface area (TPSA) is 30.5 Å². The minimum atomic E-state index is 0.399. The van der Waals surface area contributed by atoms with Crippen molar-refractivity contribution in [3.05, 3.63) is 24.3 Å². The molecular weight excluding hydrogens is 214 g/mol. The average molecular weight is 235 g/mol. The summed E-state index contributed by atoms with van der Waals surface area (Å²) in [7, 11) is 3.51. The standard InChI is InChI=1S/C14H21NO2/c1-16-12-7-5-6-11(10-12)15-13-8-3-4-9-14(13)17-2/h3-4,8-9,11-12,15H,5-7,10H2,1-2H3. The smallest absolute Gasteiger partial charge is 0.141 e. The van der Waals surface area contributed by atoms with E-state index in [4.69, 9.17) is 9.47 Å². The Hall–Kier alpha value is -1.22. The summed E-state index contributed by atoms with van der Waals surface area (Å²) in [5.41, 5.74) is 1.08. The van der Waals surface area contributed by atoms with E-state index in [2.05, 4.69) is 11.4 Å². The Morgan fingerprint density at radius 3 is 2.76 bits per heavy atom. The molecule has 1 aromatic rings. The summed E-state index contributed by atoms with van der Waals surface area (Å²) < 4.78 is 10.8. The molecule has 1 aliphatic carbocycles. The molecule has 17 heavy (non-hydrogen) atoms. The molecule has 0 aromatic heterocycles. The van der Waals surface area contributed by atoms with Gasteiger partial charge in [-0.3, -0.25) is 0 Å². The zero-order valence-corrected chi connectivity index (χ0v) is 10.6. The Morgan fingerprint density at radius 2 is 2.00 bits per heavy atom. The Balaban J connectivity index is 2.00. The molecule has 2 atom stereocenters. The van der Waals surface area contributed by atoms with Crippen LogP contribution < -0.4 is 10.1 Å². The molecule has 0 spiro atoms. The molecule has 1 saturated carbocycles. The van der Waals surface area contributed by atoms with Gasteiger partial charge in [-0.15, -0.1) is 0 Å². The van der Waals surface area contributed by atoms with Gasteiger partial charge in [0, 0.05) is 13.2 Å². The summed E-state index contributed by atoms with van der Waals surface area (Å²) in [6, 6.07) is 8.56.